The predicted molar refractivity (Wildman–Crippen MR) is 75.8 cm³/mol. The molecular weight excluding hydrogens is 254 g/mol. The molecule has 2 atom stereocenters. The molecule has 4 nitrogen and oxygen atoms in total. The van der Waals surface area contributed by atoms with Gasteiger partial charge in [0.05, 0.1) is 18.9 Å². The number of likely N-dealkylation sites (tertiary alicyclic amines) is 1. The van der Waals surface area contributed by atoms with E-state index in [-0.39, 0.29) is 30.1 Å². The van der Waals surface area contributed by atoms with Crippen molar-refractivity contribution in [1.82, 2.24) is 4.90 Å². The molecule has 1 amide bonds. The largest absolute Gasteiger partial charge is 0.466 e. The van der Waals surface area contributed by atoms with Crippen molar-refractivity contribution in [3.63, 3.8) is 0 Å². The molecule has 1 saturated heterocycles. The maximum absolute atomic E-state index is 12.4. The Kier molecular flexibility index (Phi) is 4.77. The minimum absolute atomic E-state index is 0.0643. The lowest BCUT2D eigenvalue weighted by Gasteiger charge is -2.16. The fourth-order valence-corrected chi connectivity index (χ4v) is 2.68. The van der Waals surface area contributed by atoms with Crippen molar-refractivity contribution in [3.05, 3.63) is 35.9 Å². The summed E-state index contributed by atoms with van der Waals surface area (Å²) in [6, 6.07) is 9.92. The molecular formula is C16H21NO3. The van der Waals surface area contributed by atoms with Crippen LogP contribution in [0.2, 0.25) is 0 Å². The van der Waals surface area contributed by atoms with E-state index in [0.29, 0.717) is 19.7 Å². The molecule has 1 aromatic rings. The number of carbonyl (C=O) groups excluding carboxylic acids is 2. The van der Waals surface area contributed by atoms with Crippen LogP contribution in [0.25, 0.3) is 0 Å². The second-order valence-corrected chi connectivity index (χ2v) is 5.30. The Bertz CT molecular complexity index is 472. The number of benzene rings is 1. The third-order valence-corrected chi connectivity index (χ3v) is 3.73. The summed E-state index contributed by atoms with van der Waals surface area (Å²) in [7, 11) is 0. The first kappa shape index (κ1) is 14.6. The Labute approximate surface area is 119 Å². The number of amides is 1. The van der Waals surface area contributed by atoms with Gasteiger partial charge < -0.3 is 9.64 Å². The maximum Gasteiger partial charge on any atom is 0.306 e. The average Bonchev–Trinajstić information content (AvgIpc) is 2.68. The minimum Gasteiger partial charge on any atom is -0.466 e. The minimum atomic E-state index is -0.278. The van der Waals surface area contributed by atoms with Crippen LogP contribution in [0.4, 0.5) is 0 Å². The third kappa shape index (κ3) is 3.38. The van der Waals surface area contributed by atoms with Crippen molar-refractivity contribution in [2.24, 2.45) is 11.8 Å². The summed E-state index contributed by atoms with van der Waals surface area (Å²) < 4.78 is 4.94. The van der Waals surface area contributed by atoms with Crippen LogP contribution < -0.4 is 0 Å². The van der Waals surface area contributed by atoms with Crippen LogP contribution in [-0.4, -0.2) is 29.9 Å². The van der Waals surface area contributed by atoms with Gasteiger partial charge in [-0.25, -0.2) is 0 Å². The van der Waals surface area contributed by atoms with Crippen LogP contribution in [0, 0.1) is 11.8 Å². The second-order valence-electron chi connectivity index (χ2n) is 5.30. The van der Waals surface area contributed by atoms with Crippen LogP contribution >= 0.6 is 0 Å². The zero-order valence-corrected chi connectivity index (χ0v) is 12.0. The van der Waals surface area contributed by atoms with Gasteiger partial charge in [0.1, 0.15) is 0 Å². The van der Waals surface area contributed by atoms with Gasteiger partial charge in [0, 0.05) is 13.1 Å². The summed E-state index contributed by atoms with van der Waals surface area (Å²) in [5.74, 6) is -0.262. The maximum atomic E-state index is 12.4. The standard InChI is InChI=1S/C16H21NO3/c1-3-20-15(18)9-14-12(2)10-17(16(14)19)11-13-7-5-4-6-8-13/h4-8,12,14H,3,9-11H2,1-2H3/t12-,14+/m1/s1. The number of rotatable bonds is 5. The molecule has 0 spiro atoms. The Morgan fingerprint density at radius 3 is 2.70 bits per heavy atom. The molecule has 1 aromatic carbocycles. The molecule has 1 aliphatic rings. The van der Waals surface area contributed by atoms with E-state index in [9.17, 15) is 9.59 Å². The number of hydrogen-bond acceptors (Lipinski definition) is 3. The summed E-state index contributed by atoms with van der Waals surface area (Å²) in [4.78, 5) is 25.8. The van der Waals surface area contributed by atoms with Gasteiger partial charge in [0.25, 0.3) is 0 Å². The topological polar surface area (TPSA) is 46.6 Å². The summed E-state index contributed by atoms with van der Waals surface area (Å²) in [6.07, 6.45) is 0.194. The first-order valence-corrected chi connectivity index (χ1v) is 7.10. The monoisotopic (exact) mass is 275 g/mol. The highest BCUT2D eigenvalue weighted by Gasteiger charge is 2.39. The van der Waals surface area contributed by atoms with E-state index >= 15 is 0 Å². The predicted octanol–water partition coefficient (Wildman–Crippen LogP) is 2.23. The number of hydrogen-bond donors (Lipinski definition) is 0. The van der Waals surface area contributed by atoms with Crippen molar-refractivity contribution in [3.8, 4) is 0 Å². The van der Waals surface area contributed by atoms with E-state index in [1.807, 2.05) is 42.2 Å². The molecule has 1 fully saturated rings. The average molecular weight is 275 g/mol. The van der Waals surface area contributed by atoms with Gasteiger partial charge in [-0.3, -0.25) is 9.59 Å². The molecule has 2 rings (SSSR count). The number of carbonyl (C=O) groups is 2. The molecule has 0 aromatic heterocycles. The molecule has 0 bridgehead atoms. The summed E-state index contributed by atoms with van der Waals surface area (Å²) in [6.45, 7) is 5.48. The van der Waals surface area contributed by atoms with Gasteiger partial charge in [-0.1, -0.05) is 37.3 Å². The SMILES string of the molecule is CCOC(=O)C[C@@H]1C(=O)N(Cc2ccccc2)C[C@H]1C. The highest BCUT2D eigenvalue weighted by molar-refractivity contribution is 5.85. The van der Waals surface area contributed by atoms with Crippen LogP contribution in [0.5, 0.6) is 0 Å². The smallest absolute Gasteiger partial charge is 0.306 e. The van der Waals surface area contributed by atoms with E-state index in [0.717, 1.165) is 5.56 Å². The Morgan fingerprint density at radius 2 is 2.05 bits per heavy atom. The Balaban J connectivity index is 1.98. The van der Waals surface area contributed by atoms with E-state index in [4.69, 9.17) is 4.74 Å². The third-order valence-electron chi connectivity index (χ3n) is 3.73. The lowest BCUT2D eigenvalue weighted by Crippen LogP contribution is -2.28. The molecule has 20 heavy (non-hydrogen) atoms. The summed E-state index contributed by atoms with van der Waals surface area (Å²) in [5, 5.41) is 0. The van der Waals surface area contributed by atoms with E-state index < -0.39 is 0 Å². The zero-order chi connectivity index (χ0) is 14.5. The molecule has 0 unspecified atom stereocenters. The van der Waals surface area contributed by atoms with E-state index in [1.165, 1.54) is 0 Å². The fourth-order valence-electron chi connectivity index (χ4n) is 2.68. The highest BCUT2D eigenvalue weighted by atomic mass is 16.5. The lowest BCUT2D eigenvalue weighted by atomic mass is 9.94. The molecule has 4 heteroatoms. The van der Waals surface area contributed by atoms with Crippen LogP contribution in [0.1, 0.15) is 25.8 Å². The normalized spacial score (nSPS) is 22.1. The van der Waals surface area contributed by atoms with Gasteiger partial charge in [-0.15, -0.1) is 0 Å². The molecule has 1 heterocycles. The lowest BCUT2D eigenvalue weighted by molar-refractivity contribution is -0.147. The van der Waals surface area contributed by atoms with Crippen molar-refractivity contribution >= 4 is 11.9 Å². The first-order chi connectivity index (χ1) is 9.61. The summed E-state index contributed by atoms with van der Waals surface area (Å²) >= 11 is 0. The molecule has 0 radical (unpaired) electrons. The van der Waals surface area contributed by atoms with Gasteiger partial charge in [-0.05, 0) is 18.4 Å². The van der Waals surface area contributed by atoms with Crippen molar-refractivity contribution < 1.29 is 14.3 Å². The zero-order valence-electron chi connectivity index (χ0n) is 12.0. The van der Waals surface area contributed by atoms with E-state index in [2.05, 4.69) is 0 Å². The molecule has 1 aliphatic heterocycles. The number of nitrogens with zero attached hydrogens (tertiary/aromatic N) is 1. The van der Waals surface area contributed by atoms with Gasteiger partial charge in [0.2, 0.25) is 5.91 Å². The van der Waals surface area contributed by atoms with Gasteiger partial charge >= 0.3 is 5.97 Å². The number of ether oxygens (including phenoxy) is 1. The van der Waals surface area contributed by atoms with Gasteiger partial charge in [-0.2, -0.15) is 0 Å². The summed E-state index contributed by atoms with van der Waals surface area (Å²) in [5.41, 5.74) is 1.12. The van der Waals surface area contributed by atoms with Crippen molar-refractivity contribution in [2.75, 3.05) is 13.2 Å². The van der Waals surface area contributed by atoms with Crippen LogP contribution in [0.3, 0.4) is 0 Å². The van der Waals surface area contributed by atoms with Crippen LogP contribution in [-0.2, 0) is 20.9 Å². The molecule has 0 N–H and O–H groups in total. The second kappa shape index (κ2) is 6.55. The Hall–Kier alpha value is -1.84. The van der Waals surface area contributed by atoms with Crippen molar-refractivity contribution in [2.45, 2.75) is 26.8 Å². The number of esters is 1. The highest BCUT2D eigenvalue weighted by Crippen LogP contribution is 2.28. The fraction of sp³-hybridized carbons (Fsp3) is 0.500. The first-order valence-electron chi connectivity index (χ1n) is 7.10. The van der Waals surface area contributed by atoms with E-state index in [1.54, 1.807) is 6.92 Å². The molecule has 108 valence electrons. The quantitative estimate of drug-likeness (QED) is 0.774. The van der Waals surface area contributed by atoms with Crippen molar-refractivity contribution in [1.29, 1.82) is 0 Å². The molecule has 0 aliphatic carbocycles. The van der Waals surface area contributed by atoms with Gasteiger partial charge in [0.15, 0.2) is 0 Å². The van der Waals surface area contributed by atoms with Crippen LogP contribution in [0.15, 0.2) is 30.3 Å². The molecule has 0 saturated carbocycles. The Morgan fingerprint density at radius 1 is 1.35 bits per heavy atom.